The molecule has 0 bridgehead atoms. The maximum absolute atomic E-state index is 12.6. The lowest BCUT2D eigenvalue weighted by Gasteiger charge is -2.24. The summed E-state index contributed by atoms with van der Waals surface area (Å²) in [6.45, 7) is 1.98. The zero-order chi connectivity index (χ0) is 15.5. The summed E-state index contributed by atoms with van der Waals surface area (Å²) in [5, 5.41) is 18.0. The van der Waals surface area contributed by atoms with Gasteiger partial charge in [0.1, 0.15) is 6.61 Å². The molecule has 1 aromatic rings. The molecule has 6 heteroatoms. The standard InChI is InChI=1S/C15H19NO4S/c1-12-8-9-16(15(12)11-18)21(19,20)14-6-4-13(5-7-14)3-2-10-17/h4-7,12,15,17-18H,8-11H2,1H3. The first-order chi connectivity index (χ1) is 10.0. The summed E-state index contributed by atoms with van der Waals surface area (Å²) in [5.41, 5.74) is 0.650. The predicted octanol–water partition coefficient (Wildman–Crippen LogP) is 0.422. The molecule has 1 saturated heterocycles. The second kappa shape index (κ2) is 6.58. The van der Waals surface area contributed by atoms with Gasteiger partial charge in [-0.3, -0.25) is 0 Å². The smallest absolute Gasteiger partial charge is 0.243 e. The highest BCUT2D eigenvalue weighted by atomic mass is 32.2. The number of aliphatic hydroxyl groups excluding tert-OH is 2. The fourth-order valence-corrected chi connectivity index (χ4v) is 4.26. The van der Waals surface area contributed by atoms with Crippen molar-refractivity contribution in [1.29, 1.82) is 0 Å². The van der Waals surface area contributed by atoms with Gasteiger partial charge < -0.3 is 10.2 Å². The van der Waals surface area contributed by atoms with E-state index in [0.717, 1.165) is 6.42 Å². The van der Waals surface area contributed by atoms with Crippen LogP contribution in [0.1, 0.15) is 18.9 Å². The molecule has 21 heavy (non-hydrogen) atoms. The number of aliphatic hydroxyl groups is 2. The van der Waals surface area contributed by atoms with E-state index in [9.17, 15) is 13.5 Å². The maximum Gasteiger partial charge on any atom is 0.243 e. The highest BCUT2D eigenvalue weighted by molar-refractivity contribution is 7.89. The van der Waals surface area contributed by atoms with Crippen LogP contribution in [0.3, 0.4) is 0 Å². The highest BCUT2D eigenvalue weighted by Gasteiger charge is 2.38. The lowest BCUT2D eigenvalue weighted by Crippen LogP contribution is -2.39. The average Bonchev–Trinajstić information content (AvgIpc) is 2.87. The van der Waals surface area contributed by atoms with Gasteiger partial charge in [0.25, 0.3) is 0 Å². The average molecular weight is 309 g/mol. The predicted molar refractivity (Wildman–Crippen MR) is 79.0 cm³/mol. The fourth-order valence-electron chi connectivity index (χ4n) is 2.53. The van der Waals surface area contributed by atoms with E-state index in [2.05, 4.69) is 11.8 Å². The lowest BCUT2D eigenvalue weighted by atomic mass is 10.0. The summed E-state index contributed by atoms with van der Waals surface area (Å²) >= 11 is 0. The largest absolute Gasteiger partial charge is 0.395 e. The van der Waals surface area contributed by atoms with Crippen molar-refractivity contribution in [3.05, 3.63) is 29.8 Å². The van der Waals surface area contributed by atoms with E-state index in [1.54, 1.807) is 12.1 Å². The van der Waals surface area contributed by atoms with Gasteiger partial charge in [0, 0.05) is 12.1 Å². The molecule has 1 heterocycles. The number of nitrogens with zero attached hydrogens (tertiary/aromatic N) is 1. The molecule has 0 radical (unpaired) electrons. The van der Waals surface area contributed by atoms with Gasteiger partial charge in [-0.2, -0.15) is 4.31 Å². The Balaban J connectivity index is 2.27. The molecule has 0 spiro atoms. The van der Waals surface area contributed by atoms with Crippen LogP contribution >= 0.6 is 0 Å². The van der Waals surface area contributed by atoms with Crippen LogP contribution in [-0.2, 0) is 10.0 Å². The van der Waals surface area contributed by atoms with Gasteiger partial charge in [-0.25, -0.2) is 8.42 Å². The zero-order valence-corrected chi connectivity index (χ0v) is 12.7. The quantitative estimate of drug-likeness (QED) is 0.793. The molecule has 1 aliphatic heterocycles. The Bertz CT molecular complexity index is 642. The minimum absolute atomic E-state index is 0.152. The number of hydrogen-bond acceptors (Lipinski definition) is 4. The molecule has 114 valence electrons. The normalized spacial score (nSPS) is 22.8. The Kier molecular flexibility index (Phi) is 5.01. The molecular weight excluding hydrogens is 290 g/mol. The van der Waals surface area contributed by atoms with Crippen molar-refractivity contribution < 1.29 is 18.6 Å². The molecule has 2 rings (SSSR count). The molecule has 0 saturated carbocycles. The van der Waals surface area contributed by atoms with Crippen LogP contribution in [0.2, 0.25) is 0 Å². The molecular formula is C15H19NO4S. The van der Waals surface area contributed by atoms with E-state index >= 15 is 0 Å². The summed E-state index contributed by atoms with van der Waals surface area (Å²) < 4.78 is 26.6. The van der Waals surface area contributed by atoms with Crippen molar-refractivity contribution in [2.45, 2.75) is 24.3 Å². The zero-order valence-electron chi connectivity index (χ0n) is 11.9. The summed E-state index contributed by atoms with van der Waals surface area (Å²) in [7, 11) is -3.59. The fraction of sp³-hybridized carbons (Fsp3) is 0.467. The number of hydrogen-bond donors (Lipinski definition) is 2. The molecule has 1 fully saturated rings. The summed E-state index contributed by atoms with van der Waals surface area (Å²) in [5.74, 6) is 5.39. The molecule has 1 aromatic carbocycles. The van der Waals surface area contributed by atoms with Crippen LogP contribution < -0.4 is 0 Å². The Morgan fingerprint density at radius 1 is 1.29 bits per heavy atom. The Labute approximate surface area is 125 Å². The lowest BCUT2D eigenvalue weighted by molar-refractivity contribution is 0.191. The molecule has 0 aromatic heterocycles. The van der Waals surface area contributed by atoms with Crippen LogP contribution in [0, 0.1) is 17.8 Å². The molecule has 2 atom stereocenters. The van der Waals surface area contributed by atoms with Crippen LogP contribution in [0.25, 0.3) is 0 Å². The van der Waals surface area contributed by atoms with Crippen LogP contribution in [0.4, 0.5) is 0 Å². The van der Waals surface area contributed by atoms with Gasteiger partial charge in [0.05, 0.1) is 17.5 Å². The van der Waals surface area contributed by atoms with E-state index in [0.29, 0.717) is 12.1 Å². The second-order valence-corrected chi connectivity index (χ2v) is 7.01. The first-order valence-corrected chi connectivity index (χ1v) is 8.27. The SMILES string of the molecule is CC1CCN(S(=O)(=O)c2ccc(C#CCO)cc2)C1CO. The van der Waals surface area contributed by atoms with Crippen molar-refractivity contribution in [3.63, 3.8) is 0 Å². The van der Waals surface area contributed by atoms with E-state index in [1.165, 1.54) is 16.4 Å². The van der Waals surface area contributed by atoms with Crippen molar-refractivity contribution in [1.82, 2.24) is 4.31 Å². The second-order valence-electron chi connectivity index (χ2n) is 5.12. The van der Waals surface area contributed by atoms with Crippen LogP contribution in [0.15, 0.2) is 29.2 Å². The molecule has 2 unspecified atom stereocenters. The first-order valence-electron chi connectivity index (χ1n) is 6.83. The Hall–Kier alpha value is -1.39. The van der Waals surface area contributed by atoms with Gasteiger partial charge in [-0.15, -0.1) is 0 Å². The third-order valence-electron chi connectivity index (χ3n) is 3.79. The third-order valence-corrected chi connectivity index (χ3v) is 5.73. The molecule has 5 nitrogen and oxygen atoms in total. The van der Waals surface area contributed by atoms with Gasteiger partial charge in [-0.05, 0) is 36.6 Å². The minimum atomic E-state index is -3.59. The van der Waals surface area contributed by atoms with Crippen LogP contribution in [0.5, 0.6) is 0 Å². The van der Waals surface area contributed by atoms with Gasteiger partial charge >= 0.3 is 0 Å². The monoisotopic (exact) mass is 309 g/mol. The number of rotatable bonds is 3. The molecule has 2 N–H and O–H groups in total. The maximum atomic E-state index is 12.6. The molecule has 0 amide bonds. The van der Waals surface area contributed by atoms with Crippen molar-refractivity contribution in [3.8, 4) is 11.8 Å². The molecule has 0 aliphatic carbocycles. The van der Waals surface area contributed by atoms with Gasteiger partial charge in [0.2, 0.25) is 10.0 Å². The van der Waals surface area contributed by atoms with Gasteiger partial charge in [-0.1, -0.05) is 18.8 Å². The van der Waals surface area contributed by atoms with Crippen molar-refractivity contribution >= 4 is 10.0 Å². The molecule has 1 aliphatic rings. The van der Waals surface area contributed by atoms with Crippen LogP contribution in [-0.4, -0.2) is 48.7 Å². The Morgan fingerprint density at radius 2 is 1.95 bits per heavy atom. The van der Waals surface area contributed by atoms with E-state index < -0.39 is 10.0 Å². The van der Waals surface area contributed by atoms with Gasteiger partial charge in [0.15, 0.2) is 0 Å². The van der Waals surface area contributed by atoms with E-state index in [1.807, 2.05) is 6.92 Å². The van der Waals surface area contributed by atoms with Crippen molar-refractivity contribution in [2.24, 2.45) is 5.92 Å². The summed E-state index contributed by atoms with van der Waals surface area (Å²) in [4.78, 5) is 0.199. The van der Waals surface area contributed by atoms with E-state index in [-0.39, 0.29) is 30.1 Å². The summed E-state index contributed by atoms with van der Waals surface area (Å²) in [6, 6.07) is 5.89. The highest BCUT2D eigenvalue weighted by Crippen LogP contribution is 2.29. The van der Waals surface area contributed by atoms with Crippen molar-refractivity contribution in [2.75, 3.05) is 19.8 Å². The topological polar surface area (TPSA) is 77.8 Å². The number of sulfonamides is 1. The third kappa shape index (κ3) is 3.27. The minimum Gasteiger partial charge on any atom is -0.395 e. The summed E-state index contributed by atoms with van der Waals surface area (Å²) in [6.07, 6.45) is 0.754. The first kappa shape index (κ1) is 16.0. The van der Waals surface area contributed by atoms with E-state index in [4.69, 9.17) is 5.11 Å². The number of benzene rings is 1. The Morgan fingerprint density at radius 3 is 2.52 bits per heavy atom.